The first-order valence-electron chi connectivity index (χ1n) is 4.60. The first-order valence-corrected chi connectivity index (χ1v) is 4.60. The van der Waals surface area contributed by atoms with Gasteiger partial charge < -0.3 is 15.2 Å². The van der Waals surface area contributed by atoms with Crippen LogP contribution in [0.2, 0.25) is 0 Å². The number of ether oxygens (including phenoxy) is 1. The van der Waals surface area contributed by atoms with Crippen molar-refractivity contribution in [3.63, 3.8) is 0 Å². The monoisotopic (exact) mass is 208 g/mol. The van der Waals surface area contributed by atoms with Gasteiger partial charge in [0.15, 0.2) is 0 Å². The van der Waals surface area contributed by atoms with Gasteiger partial charge in [-0.2, -0.15) is 0 Å². The van der Waals surface area contributed by atoms with Crippen LogP contribution in [0, 0.1) is 6.92 Å². The molecule has 0 aromatic heterocycles. The van der Waals surface area contributed by atoms with Gasteiger partial charge in [0.2, 0.25) is 5.91 Å². The Balaban J connectivity index is 2.72. The number of aliphatic hydroxyl groups excluding tert-OH is 1. The molecule has 0 saturated heterocycles. The van der Waals surface area contributed by atoms with E-state index in [1.165, 1.54) is 6.92 Å². The van der Waals surface area contributed by atoms with E-state index in [-0.39, 0.29) is 12.5 Å². The van der Waals surface area contributed by atoms with Gasteiger partial charge in [-0.05, 0) is 19.1 Å². The molecule has 0 heterocycles. The van der Waals surface area contributed by atoms with Gasteiger partial charge in [-0.15, -0.1) is 0 Å². The average Bonchev–Trinajstić information content (AvgIpc) is 2.15. The molecule has 1 rings (SSSR count). The summed E-state index contributed by atoms with van der Waals surface area (Å²) in [5.41, 5.74) is 0.589. The molecule has 1 aromatic rings. The minimum atomic E-state index is -0.782. The molecule has 0 spiro atoms. The van der Waals surface area contributed by atoms with Gasteiger partial charge in [-0.3, -0.25) is 4.79 Å². The fourth-order valence-corrected chi connectivity index (χ4v) is 1.07. The summed E-state index contributed by atoms with van der Waals surface area (Å²) in [7, 11) is 0. The number of carbonyl (C=O) groups excluding carboxylic acids is 1. The average molecular weight is 208 g/mol. The molecule has 2 N–H and O–H groups in total. The molecule has 4 nitrogen and oxygen atoms in total. The fourth-order valence-electron chi connectivity index (χ4n) is 1.07. The third-order valence-corrected chi connectivity index (χ3v) is 1.63. The zero-order valence-corrected chi connectivity index (χ0v) is 8.56. The summed E-state index contributed by atoms with van der Waals surface area (Å²) in [5, 5.41) is 11.6. The predicted molar refractivity (Wildman–Crippen MR) is 57.6 cm³/mol. The summed E-state index contributed by atoms with van der Waals surface area (Å²) in [6.45, 7) is 4.90. The van der Waals surface area contributed by atoms with E-state index in [4.69, 9.17) is 9.84 Å². The van der Waals surface area contributed by atoms with Crippen LogP contribution < -0.4 is 10.1 Å². The van der Waals surface area contributed by atoms with Crippen LogP contribution >= 0.6 is 0 Å². The summed E-state index contributed by atoms with van der Waals surface area (Å²) in [6, 6.07) is 7.02. The summed E-state index contributed by atoms with van der Waals surface area (Å²) in [6.07, 6.45) is -0.782. The summed E-state index contributed by atoms with van der Waals surface area (Å²) >= 11 is 0. The Morgan fingerprint density at radius 1 is 1.60 bits per heavy atom. The van der Waals surface area contributed by atoms with Crippen molar-refractivity contribution in [3.05, 3.63) is 31.2 Å². The van der Waals surface area contributed by atoms with E-state index < -0.39 is 6.10 Å². The second-order valence-corrected chi connectivity index (χ2v) is 3.14. The molecule has 1 aromatic carbocycles. The Morgan fingerprint density at radius 3 is 2.87 bits per heavy atom. The number of nitrogens with one attached hydrogen (secondary N) is 1. The molecule has 1 atom stereocenters. The third kappa shape index (κ3) is 3.99. The quantitative estimate of drug-likeness (QED) is 0.782. The van der Waals surface area contributed by atoms with Crippen LogP contribution in [-0.2, 0) is 4.79 Å². The number of hydrogen-bond acceptors (Lipinski definition) is 3. The van der Waals surface area contributed by atoms with E-state index >= 15 is 0 Å². The van der Waals surface area contributed by atoms with E-state index in [2.05, 4.69) is 12.2 Å². The number of hydrogen-bond donors (Lipinski definition) is 2. The van der Waals surface area contributed by atoms with E-state index in [1.54, 1.807) is 24.3 Å². The maximum absolute atomic E-state index is 10.9. The van der Waals surface area contributed by atoms with Crippen LogP contribution in [0.25, 0.3) is 0 Å². The van der Waals surface area contributed by atoms with E-state index in [9.17, 15) is 4.79 Å². The number of amides is 1. The lowest BCUT2D eigenvalue weighted by Crippen LogP contribution is -2.15. The Kier molecular flexibility index (Phi) is 4.12. The van der Waals surface area contributed by atoms with Crippen molar-refractivity contribution in [1.29, 1.82) is 0 Å². The highest BCUT2D eigenvalue weighted by Gasteiger charge is 2.05. The summed E-state index contributed by atoms with van der Waals surface area (Å²) < 4.78 is 5.27. The minimum absolute atomic E-state index is 0.0938. The highest BCUT2D eigenvalue weighted by molar-refractivity contribution is 5.90. The predicted octanol–water partition coefficient (Wildman–Crippen LogP) is 1.22. The topological polar surface area (TPSA) is 58.6 Å². The maximum atomic E-state index is 10.9. The SMILES string of the molecule is [CH2]C(O)COc1ccccc1NC(C)=O. The lowest BCUT2D eigenvalue weighted by atomic mass is 10.3. The maximum Gasteiger partial charge on any atom is 0.221 e. The smallest absolute Gasteiger partial charge is 0.221 e. The molecule has 1 unspecified atom stereocenters. The van der Waals surface area contributed by atoms with Gasteiger partial charge in [0.05, 0.1) is 11.8 Å². The molecule has 0 aliphatic carbocycles. The van der Waals surface area contributed by atoms with Crippen LogP contribution in [0.3, 0.4) is 0 Å². The van der Waals surface area contributed by atoms with Gasteiger partial charge in [0, 0.05) is 6.92 Å². The molecule has 81 valence electrons. The number of anilines is 1. The number of rotatable bonds is 4. The minimum Gasteiger partial charge on any atom is -0.489 e. The van der Waals surface area contributed by atoms with Gasteiger partial charge in [0.1, 0.15) is 12.4 Å². The van der Waals surface area contributed by atoms with Crippen LogP contribution in [-0.4, -0.2) is 23.7 Å². The number of benzene rings is 1. The molecule has 1 amide bonds. The molecule has 0 bridgehead atoms. The molecule has 15 heavy (non-hydrogen) atoms. The van der Waals surface area contributed by atoms with Crippen molar-refractivity contribution in [2.45, 2.75) is 13.0 Å². The summed E-state index contributed by atoms with van der Waals surface area (Å²) in [4.78, 5) is 10.9. The lowest BCUT2D eigenvalue weighted by Gasteiger charge is -2.12. The lowest BCUT2D eigenvalue weighted by molar-refractivity contribution is -0.114. The second kappa shape index (κ2) is 5.36. The third-order valence-electron chi connectivity index (χ3n) is 1.63. The van der Waals surface area contributed by atoms with E-state index in [1.807, 2.05) is 0 Å². The zero-order chi connectivity index (χ0) is 11.3. The van der Waals surface area contributed by atoms with Gasteiger partial charge in [-0.1, -0.05) is 12.1 Å². The molecule has 4 heteroatoms. The van der Waals surface area contributed by atoms with Crippen molar-refractivity contribution < 1.29 is 14.6 Å². The van der Waals surface area contributed by atoms with Crippen molar-refractivity contribution in [3.8, 4) is 5.75 Å². The first-order chi connectivity index (χ1) is 7.09. The largest absolute Gasteiger partial charge is 0.489 e. The number of para-hydroxylation sites is 2. The Labute approximate surface area is 88.9 Å². The van der Waals surface area contributed by atoms with Crippen LogP contribution in [0.1, 0.15) is 6.92 Å². The van der Waals surface area contributed by atoms with Crippen LogP contribution in [0.15, 0.2) is 24.3 Å². The molecular formula is C11H14NO3. The Bertz CT molecular complexity index is 336. The van der Waals surface area contributed by atoms with Crippen molar-refractivity contribution in [1.82, 2.24) is 0 Å². The van der Waals surface area contributed by atoms with Gasteiger partial charge in [0.25, 0.3) is 0 Å². The second-order valence-electron chi connectivity index (χ2n) is 3.14. The number of carbonyl (C=O) groups is 1. The number of aliphatic hydroxyl groups is 1. The normalized spacial score (nSPS) is 11.9. The molecule has 0 saturated carbocycles. The summed E-state index contributed by atoms with van der Waals surface area (Å²) in [5.74, 6) is 0.358. The van der Waals surface area contributed by atoms with E-state index in [0.29, 0.717) is 11.4 Å². The zero-order valence-electron chi connectivity index (χ0n) is 8.56. The Morgan fingerprint density at radius 2 is 2.27 bits per heavy atom. The molecule has 1 radical (unpaired) electrons. The van der Waals surface area contributed by atoms with Gasteiger partial charge in [-0.25, -0.2) is 0 Å². The highest BCUT2D eigenvalue weighted by atomic mass is 16.5. The Hall–Kier alpha value is -1.55. The van der Waals surface area contributed by atoms with Crippen molar-refractivity contribution in [2.75, 3.05) is 11.9 Å². The molecule has 0 aliphatic rings. The van der Waals surface area contributed by atoms with E-state index in [0.717, 1.165) is 0 Å². The highest BCUT2D eigenvalue weighted by Crippen LogP contribution is 2.23. The first kappa shape index (κ1) is 11.5. The van der Waals surface area contributed by atoms with Gasteiger partial charge >= 0.3 is 0 Å². The molecule has 0 aliphatic heterocycles. The fraction of sp³-hybridized carbons (Fsp3) is 0.273. The van der Waals surface area contributed by atoms with Crippen molar-refractivity contribution in [2.24, 2.45) is 0 Å². The molecule has 0 fully saturated rings. The molecular weight excluding hydrogens is 194 g/mol. The van der Waals surface area contributed by atoms with Crippen molar-refractivity contribution >= 4 is 11.6 Å². The standard InChI is InChI=1S/C11H14NO3/c1-8(13)7-15-11-6-4-3-5-10(11)12-9(2)14/h3-6,8,13H,1,7H2,2H3,(H,12,14). The van der Waals surface area contributed by atoms with Crippen LogP contribution in [0.4, 0.5) is 5.69 Å². The van der Waals surface area contributed by atoms with Crippen LogP contribution in [0.5, 0.6) is 5.75 Å².